The van der Waals surface area contributed by atoms with Crippen LogP contribution < -0.4 is 10.6 Å². The summed E-state index contributed by atoms with van der Waals surface area (Å²) in [6.07, 6.45) is -0.749. The zero-order chi connectivity index (χ0) is 12.3. The minimum absolute atomic E-state index is 0.328. The second-order valence-electron chi connectivity index (χ2n) is 3.59. The number of anilines is 1. The molecular formula is C11H13F2N3S. The molecule has 0 spiro atoms. The van der Waals surface area contributed by atoms with Gasteiger partial charge in [-0.3, -0.25) is 0 Å². The summed E-state index contributed by atoms with van der Waals surface area (Å²) in [6.45, 7) is 0.375. The number of rotatable bonds is 5. The van der Waals surface area contributed by atoms with E-state index in [2.05, 4.69) is 4.98 Å². The molecule has 2 heterocycles. The highest BCUT2D eigenvalue weighted by molar-refractivity contribution is 7.17. The second kappa shape index (κ2) is 5.37. The van der Waals surface area contributed by atoms with E-state index in [1.807, 2.05) is 17.5 Å². The second-order valence-corrected chi connectivity index (χ2v) is 4.54. The smallest absolute Gasteiger partial charge is 0.255 e. The van der Waals surface area contributed by atoms with Crippen LogP contribution in [0.25, 0.3) is 10.1 Å². The van der Waals surface area contributed by atoms with Crippen LogP contribution in [0.15, 0.2) is 23.7 Å². The van der Waals surface area contributed by atoms with Gasteiger partial charge in [0.2, 0.25) is 0 Å². The molecule has 0 aliphatic heterocycles. The SMILES string of the molecule is NCCN(CC(F)F)c1nccc2sccc12. The van der Waals surface area contributed by atoms with Crippen molar-refractivity contribution in [2.45, 2.75) is 6.43 Å². The predicted octanol–water partition coefficient (Wildman–Crippen LogP) is 2.33. The van der Waals surface area contributed by atoms with Gasteiger partial charge in [-0.2, -0.15) is 0 Å². The van der Waals surface area contributed by atoms with Gasteiger partial charge in [0.05, 0.1) is 6.54 Å². The fourth-order valence-corrected chi connectivity index (χ4v) is 2.51. The molecule has 0 aliphatic carbocycles. The van der Waals surface area contributed by atoms with Crippen LogP contribution in [0.4, 0.5) is 14.6 Å². The van der Waals surface area contributed by atoms with Crippen LogP contribution in [0.2, 0.25) is 0 Å². The number of halogens is 2. The number of alkyl halides is 2. The molecule has 2 N–H and O–H groups in total. The van der Waals surface area contributed by atoms with Crippen LogP contribution in [-0.4, -0.2) is 31.0 Å². The number of hydrogen-bond acceptors (Lipinski definition) is 4. The van der Waals surface area contributed by atoms with E-state index >= 15 is 0 Å². The van der Waals surface area contributed by atoms with E-state index in [4.69, 9.17) is 5.73 Å². The Morgan fingerprint density at radius 2 is 2.24 bits per heavy atom. The molecule has 0 amide bonds. The number of fused-ring (bicyclic) bond motifs is 1. The fraction of sp³-hybridized carbons (Fsp3) is 0.364. The Bertz CT molecular complexity index is 486. The Morgan fingerprint density at radius 3 is 2.94 bits per heavy atom. The van der Waals surface area contributed by atoms with Crippen molar-refractivity contribution in [2.75, 3.05) is 24.5 Å². The van der Waals surface area contributed by atoms with Gasteiger partial charge >= 0.3 is 0 Å². The molecule has 17 heavy (non-hydrogen) atoms. The summed E-state index contributed by atoms with van der Waals surface area (Å²) in [6, 6.07) is 3.78. The normalized spacial score (nSPS) is 11.3. The Kier molecular flexibility index (Phi) is 3.86. The summed E-state index contributed by atoms with van der Waals surface area (Å²) in [5, 5.41) is 2.84. The van der Waals surface area contributed by atoms with Crippen LogP contribution in [-0.2, 0) is 0 Å². The van der Waals surface area contributed by atoms with E-state index in [9.17, 15) is 8.78 Å². The van der Waals surface area contributed by atoms with Crippen LogP contribution in [0, 0.1) is 0 Å². The molecule has 2 aromatic heterocycles. The minimum atomic E-state index is -2.39. The van der Waals surface area contributed by atoms with E-state index in [0.717, 1.165) is 10.1 Å². The molecule has 92 valence electrons. The Hall–Kier alpha value is -1.27. The number of pyridine rings is 1. The molecule has 0 aromatic carbocycles. The zero-order valence-electron chi connectivity index (χ0n) is 9.14. The first-order chi connectivity index (χ1) is 8.22. The molecule has 0 atom stereocenters. The third-order valence-corrected chi connectivity index (χ3v) is 3.30. The zero-order valence-corrected chi connectivity index (χ0v) is 9.96. The molecule has 0 saturated heterocycles. The summed E-state index contributed by atoms with van der Waals surface area (Å²) < 4.78 is 26.1. The molecule has 6 heteroatoms. The van der Waals surface area contributed by atoms with Crippen molar-refractivity contribution in [1.82, 2.24) is 4.98 Å². The third-order valence-electron chi connectivity index (χ3n) is 2.42. The number of hydrogen-bond donors (Lipinski definition) is 1. The molecule has 0 fully saturated rings. The molecule has 0 saturated carbocycles. The molecular weight excluding hydrogens is 244 g/mol. The molecule has 3 nitrogen and oxygen atoms in total. The van der Waals surface area contributed by atoms with Crippen molar-refractivity contribution >= 4 is 27.2 Å². The first-order valence-electron chi connectivity index (χ1n) is 5.27. The Labute approximate surface area is 102 Å². The lowest BCUT2D eigenvalue weighted by atomic mass is 10.3. The van der Waals surface area contributed by atoms with E-state index in [-0.39, 0.29) is 6.54 Å². The number of nitrogens with two attached hydrogens (primary N) is 1. The van der Waals surface area contributed by atoms with Crippen molar-refractivity contribution in [3.8, 4) is 0 Å². The highest BCUT2D eigenvalue weighted by Crippen LogP contribution is 2.28. The van der Waals surface area contributed by atoms with Crippen LogP contribution in [0.5, 0.6) is 0 Å². The fourth-order valence-electron chi connectivity index (χ4n) is 1.74. The summed E-state index contributed by atoms with van der Waals surface area (Å²) in [7, 11) is 0. The largest absolute Gasteiger partial charge is 0.349 e. The van der Waals surface area contributed by atoms with Crippen LogP contribution in [0.3, 0.4) is 0 Å². The maximum atomic E-state index is 12.5. The van der Waals surface area contributed by atoms with Gasteiger partial charge in [0.1, 0.15) is 5.82 Å². The average molecular weight is 257 g/mol. The summed E-state index contributed by atoms with van der Waals surface area (Å²) in [5.74, 6) is 0.592. The van der Waals surface area contributed by atoms with Gasteiger partial charge in [0, 0.05) is 29.4 Å². The maximum Gasteiger partial charge on any atom is 0.255 e. The van der Waals surface area contributed by atoms with Crippen molar-refractivity contribution in [3.63, 3.8) is 0 Å². The summed E-state index contributed by atoms with van der Waals surface area (Å²) >= 11 is 1.57. The van der Waals surface area contributed by atoms with Gasteiger partial charge in [-0.15, -0.1) is 11.3 Å². The Morgan fingerprint density at radius 1 is 1.41 bits per heavy atom. The van der Waals surface area contributed by atoms with E-state index < -0.39 is 6.43 Å². The highest BCUT2D eigenvalue weighted by atomic mass is 32.1. The van der Waals surface area contributed by atoms with Gasteiger partial charge in [-0.05, 0) is 17.5 Å². The van der Waals surface area contributed by atoms with Gasteiger partial charge in [-0.1, -0.05) is 0 Å². The molecule has 2 aromatic rings. The first-order valence-corrected chi connectivity index (χ1v) is 6.15. The topological polar surface area (TPSA) is 42.1 Å². The summed E-state index contributed by atoms with van der Waals surface area (Å²) in [4.78, 5) is 5.74. The lowest BCUT2D eigenvalue weighted by Crippen LogP contribution is -2.34. The van der Waals surface area contributed by atoms with Crippen molar-refractivity contribution in [1.29, 1.82) is 0 Å². The maximum absolute atomic E-state index is 12.5. The van der Waals surface area contributed by atoms with E-state index in [1.54, 1.807) is 22.4 Å². The van der Waals surface area contributed by atoms with Gasteiger partial charge in [0.25, 0.3) is 6.43 Å². The highest BCUT2D eigenvalue weighted by Gasteiger charge is 2.15. The van der Waals surface area contributed by atoms with Crippen molar-refractivity contribution in [3.05, 3.63) is 23.7 Å². The molecule has 0 bridgehead atoms. The number of nitrogens with zero attached hydrogens (tertiary/aromatic N) is 2. The van der Waals surface area contributed by atoms with Gasteiger partial charge in [-0.25, -0.2) is 13.8 Å². The van der Waals surface area contributed by atoms with Crippen molar-refractivity contribution < 1.29 is 8.78 Å². The standard InChI is InChI=1S/C11H13F2N3S/c12-10(13)7-16(5-3-14)11-8-2-6-17-9(8)1-4-15-11/h1-2,4,6,10H,3,5,7,14H2. The Balaban J connectivity index is 2.36. The monoisotopic (exact) mass is 257 g/mol. The van der Waals surface area contributed by atoms with E-state index in [1.165, 1.54) is 0 Å². The summed E-state index contributed by atoms with van der Waals surface area (Å²) in [5.41, 5.74) is 5.45. The quantitative estimate of drug-likeness (QED) is 0.894. The van der Waals surface area contributed by atoms with Crippen LogP contribution in [0.1, 0.15) is 0 Å². The van der Waals surface area contributed by atoms with Crippen molar-refractivity contribution in [2.24, 2.45) is 5.73 Å². The minimum Gasteiger partial charge on any atom is -0.349 e. The lowest BCUT2D eigenvalue weighted by Gasteiger charge is -2.23. The van der Waals surface area contributed by atoms with Gasteiger partial charge in [0.15, 0.2) is 0 Å². The lowest BCUT2D eigenvalue weighted by molar-refractivity contribution is 0.155. The number of thiophene rings is 1. The molecule has 0 radical (unpaired) electrons. The predicted molar refractivity (Wildman–Crippen MR) is 66.9 cm³/mol. The first kappa shape index (κ1) is 12.2. The van der Waals surface area contributed by atoms with Crippen LogP contribution >= 0.6 is 11.3 Å². The average Bonchev–Trinajstić information content (AvgIpc) is 2.75. The number of aromatic nitrogens is 1. The molecule has 0 aliphatic rings. The molecule has 0 unspecified atom stereocenters. The molecule has 2 rings (SSSR count). The van der Waals surface area contributed by atoms with Gasteiger partial charge < -0.3 is 10.6 Å². The van der Waals surface area contributed by atoms with E-state index in [0.29, 0.717) is 18.9 Å². The third kappa shape index (κ3) is 2.70.